The fourth-order valence-corrected chi connectivity index (χ4v) is 1.58. The molecule has 2 rings (SSSR count). The molecule has 0 aliphatic heterocycles. The zero-order valence-corrected chi connectivity index (χ0v) is 10.3. The molecule has 0 heterocycles. The van der Waals surface area contributed by atoms with Crippen LogP contribution in [-0.4, -0.2) is 11.2 Å². The van der Waals surface area contributed by atoms with Crippen LogP contribution < -0.4 is 4.74 Å². The average Bonchev–Trinajstić information content (AvgIpc) is 2.46. The molecular formula is C14H10FNO4. The van der Waals surface area contributed by atoms with E-state index >= 15 is 0 Å². The topological polar surface area (TPSA) is 69.4 Å². The molecule has 0 aromatic heterocycles. The summed E-state index contributed by atoms with van der Waals surface area (Å²) in [6, 6.07) is 9.67. The highest BCUT2D eigenvalue weighted by atomic mass is 19.1. The van der Waals surface area contributed by atoms with E-state index in [-0.39, 0.29) is 23.6 Å². The van der Waals surface area contributed by atoms with Crippen molar-refractivity contribution in [2.75, 3.05) is 0 Å². The highest BCUT2D eigenvalue weighted by molar-refractivity contribution is 5.74. The van der Waals surface area contributed by atoms with E-state index < -0.39 is 10.7 Å². The molecule has 0 atom stereocenters. The Morgan fingerprint density at radius 1 is 1.20 bits per heavy atom. The van der Waals surface area contributed by atoms with Gasteiger partial charge in [-0.25, -0.2) is 4.39 Å². The molecule has 0 fully saturated rings. The van der Waals surface area contributed by atoms with Gasteiger partial charge >= 0.3 is 0 Å². The van der Waals surface area contributed by atoms with Gasteiger partial charge in [0.05, 0.1) is 4.92 Å². The molecule has 0 radical (unpaired) electrons. The lowest BCUT2D eigenvalue weighted by atomic mass is 10.2. The van der Waals surface area contributed by atoms with E-state index in [4.69, 9.17) is 4.74 Å². The van der Waals surface area contributed by atoms with E-state index in [1.165, 1.54) is 36.4 Å². The molecule has 0 saturated heterocycles. The van der Waals surface area contributed by atoms with Crippen LogP contribution in [0.2, 0.25) is 0 Å². The molecule has 6 heteroatoms. The van der Waals surface area contributed by atoms with Crippen LogP contribution in [0.15, 0.2) is 42.5 Å². The number of non-ortho nitro benzene ring substituents is 1. The summed E-state index contributed by atoms with van der Waals surface area (Å²) in [5.41, 5.74) is 0.884. The second-order valence-electron chi connectivity index (χ2n) is 4.02. The molecule has 0 aliphatic carbocycles. The Morgan fingerprint density at radius 3 is 2.45 bits per heavy atom. The second-order valence-corrected chi connectivity index (χ2v) is 4.02. The molecule has 0 bridgehead atoms. The first-order valence-corrected chi connectivity index (χ1v) is 5.71. The normalized spacial score (nSPS) is 10.1. The number of nitrogens with zero attached hydrogens (tertiary/aromatic N) is 1. The lowest BCUT2D eigenvalue weighted by Crippen LogP contribution is -1.98. The van der Waals surface area contributed by atoms with Gasteiger partial charge in [-0.1, -0.05) is 0 Å². The Balaban J connectivity index is 2.05. The quantitative estimate of drug-likeness (QED) is 0.477. The fourth-order valence-electron chi connectivity index (χ4n) is 1.58. The van der Waals surface area contributed by atoms with Crippen molar-refractivity contribution in [3.63, 3.8) is 0 Å². The zero-order valence-electron chi connectivity index (χ0n) is 10.3. The molecule has 0 unspecified atom stereocenters. The van der Waals surface area contributed by atoms with Crippen LogP contribution in [0.3, 0.4) is 0 Å². The molecule has 5 nitrogen and oxygen atoms in total. The van der Waals surface area contributed by atoms with Crippen LogP contribution in [-0.2, 0) is 6.61 Å². The maximum absolute atomic E-state index is 13.5. The highest BCUT2D eigenvalue weighted by Crippen LogP contribution is 2.20. The first-order valence-electron chi connectivity index (χ1n) is 5.71. The molecule has 102 valence electrons. The minimum Gasteiger partial charge on any atom is -0.486 e. The molecule has 0 saturated carbocycles. The number of hydrogen-bond acceptors (Lipinski definition) is 4. The third-order valence-corrected chi connectivity index (χ3v) is 2.63. The van der Waals surface area contributed by atoms with E-state index in [2.05, 4.69) is 0 Å². The lowest BCUT2D eigenvalue weighted by molar-refractivity contribution is -0.384. The molecule has 20 heavy (non-hydrogen) atoms. The molecule has 2 aromatic carbocycles. The van der Waals surface area contributed by atoms with Gasteiger partial charge in [-0.3, -0.25) is 14.9 Å². The Hall–Kier alpha value is -2.76. The van der Waals surface area contributed by atoms with Gasteiger partial charge in [0, 0.05) is 17.7 Å². The minimum absolute atomic E-state index is 0.0183. The molecule has 0 spiro atoms. The summed E-state index contributed by atoms with van der Waals surface area (Å²) in [6.07, 6.45) is 0.545. The Labute approximate surface area is 113 Å². The maximum Gasteiger partial charge on any atom is 0.269 e. The Bertz CT molecular complexity index is 640. The van der Waals surface area contributed by atoms with Crippen molar-refractivity contribution in [2.45, 2.75) is 6.61 Å². The second kappa shape index (κ2) is 5.92. The fraction of sp³-hybridized carbons (Fsp3) is 0.0714. The van der Waals surface area contributed by atoms with Crippen molar-refractivity contribution in [1.29, 1.82) is 0 Å². The van der Waals surface area contributed by atoms with E-state index in [0.717, 1.165) is 6.07 Å². The number of carbonyl (C=O) groups is 1. The van der Waals surface area contributed by atoms with Crippen molar-refractivity contribution in [2.24, 2.45) is 0 Å². The highest BCUT2D eigenvalue weighted by Gasteiger charge is 2.07. The predicted molar refractivity (Wildman–Crippen MR) is 69.2 cm³/mol. The number of nitro benzene ring substituents is 1. The molecule has 0 amide bonds. The number of ether oxygens (including phenoxy) is 1. The number of aldehydes is 1. The number of nitro groups is 1. The Morgan fingerprint density at radius 2 is 1.90 bits per heavy atom. The van der Waals surface area contributed by atoms with Crippen molar-refractivity contribution < 1.29 is 18.8 Å². The van der Waals surface area contributed by atoms with Gasteiger partial charge < -0.3 is 4.74 Å². The van der Waals surface area contributed by atoms with E-state index in [1.807, 2.05) is 0 Å². The van der Waals surface area contributed by atoms with Gasteiger partial charge in [-0.15, -0.1) is 0 Å². The standard InChI is InChI=1S/C14H10FNO4/c15-13-7-11(8-17)3-6-14(13)20-9-10-1-4-12(5-2-10)16(18)19/h1-8H,9H2. The molecule has 2 aromatic rings. The van der Waals surface area contributed by atoms with E-state index in [0.29, 0.717) is 11.8 Å². The number of hydrogen-bond donors (Lipinski definition) is 0. The van der Waals surface area contributed by atoms with Crippen molar-refractivity contribution in [3.8, 4) is 5.75 Å². The van der Waals surface area contributed by atoms with Crippen LogP contribution in [0.4, 0.5) is 10.1 Å². The smallest absolute Gasteiger partial charge is 0.269 e. The van der Waals surface area contributed by atoms with Gasteiger partial charge in [0.25, 0.3) is 5.69 Å². The summed E-state index contributed by atoms with van der Waals surface area (Å²) in [6.45, 7) is 0.0787. The van der Waals surface area contributed by atoms with Crippen molar-refractivity contribution in [3.05, 3.63) is 69.5 Å². The predicted octanol–water partition coefficient (Wildman–Crippen LogP) is 3.13. The Kier molecular flexibility index (Phi) is 4.05. The minimum atomic E-state index is -0.628. The SMILES string of the molecule is O=Cc1ccc(OCc2ccc([N+](=O)[O-])cc2)c(F)c1. The van der Waals surface area contributed by atoms with Crippen molar-refractivity contribution >= 4 is 12.0 Å². The summed E-state index contributed by atoms with van der Waals surface area (Å²) in [4.78, 5) is 20.5. The van der Waals surface area contributed by atoms with Gasteiger partial charge in [-0.2, -0.15) is 0 Å². The number of benzene rings is 2. The average molecular weight is 275 g/mol. The zero-order chi connectivity index (χ0) is 14.5. The van der Waals surface area contributed by atoms with E-state index in [9.17, 15) is 19.3 Å². The van der Waals surface area contributed by atoms with Gasteiger partial charge in [0.15, 0.2) is 11.6 Å². The monoisotopic (exact) mass is 275 g/mol. The summed E-state index contributed by atoms with van der Waals surface area (Å²) in [7, 11) is 0. The molecule has 0 aliphatic rings. The van der Waals surface area contributed by atoms with Gasteiger partial charge in [0.2, 0.25) is 0 Å². The number of halogens is 1. The first-order chi connectivity index (χ1) is 9.60. The summed E-state index contributed by atoms with van der Waals surface area (Å²) < 4.78 is 18.8. The van der Waals surface area contributed by atoms with Crippen LogP contribution in [0, 0.1) is 15.9 Å². The maximum atomic E-state index is 13.5. The number of carbonyl (C=O) groups excluding carboxylic acids is 1. The third kappa shape index (κ3) is 3.17. The van der Waals surface area contributed by atoms with Gasteiger partial charge in [-0.05, 0) is 35.9 Å². The van der Waals surface area contributed by atoms with Crippen molar-refractivity contribution in [1.82, 2.24) is 0 Å². The van der Waals surface area contributed by atoms with Crippen LogP contribution in [0.1, 0.15) is 15.9 Å². The lowest BCUT2D eigenvalue weighted by Gasteiger charge is -2.07. The van der Waals surface area contributed by atoms with Gasteiger partial charge in [0.1, 0.15) is 12.9 Å². The van der Waals surface area contributed by atoms with Crippen LogP contribution in [0.25, 0.3) is 0 Å². The molecular weight excluding hydrogens is 265 g/mol. The summed E-state index contributed by atoms with van der Waals surface area (Å²) in [5.74, 6) is -0.606. The molecule has 0 N–H and O–H groups in total. The van der Waals surface area contributed by atoms with Crippen LogP contribution in [0.5, 0.6) is 5.75 Å². The number of rotatable bonds is 5. The first kappa shape index (κ1) is 13.7. The summed E-state index contributed by atoms with van der Waals surface area (Å²) >= 11 is 0. The van der Waals surface area contributed by atoms with Crippen LogP contribution >= 0.6 is 0 Å². The summed E-state index contributed by atoms with van der Waals surface area (Å²) in [5, 5.41) is 10.5. The third-order valence-electron chi connectivity index (χ3n) is 2.63. The largest absolute Gasteiger partial charge is 0.486 e. The van der Waals surface area contributed by atoms with E-state index in [1.54, 1.807) is 0 Å².